The van der Waals surface area contributed by atoms with Gasteiger partial charge < -0.3 is 10.2 Å². The van der Waals surface area contributed by atoms with Crippen LogP contribution in [0, 0.1) is 0 Å². The van der Waals surface area contributed by atoms with Crippen LogP contribution in [0.1, 0.15) is 37.3 Å². The number of carbonyl (C=O) groups is 2. The SMILES string of the molecule is CCCCNC(=O)[C@@H](Cc1ccccc1)N(Cc1c(Cl)cccc1Cl)C(=O)CCSc1ccc(Cl)cc1. The molecule has 8 heteroatoms. The standard InChI is InChI=1S/C29H31Cl3N2O2S/c1-2-3-17-33-29(36)27(19-21-8-5-4-6-9-21)34(20-24-25(31)10-7-11-26(24)32)28(35)16-18-37-23-14-12-22(30)13-15-23/h4-15,27H,2-3,16-20H2,1H3,(H,33,36)/t27-/m1/s1. The average molecular weight is 578 g/mol. The molecule has 0 aliphatic heterocycles. The van der Waals surface area contributed by atoms with Crippen LogP contribution in [0.2, 0.25) is 15.1 Å². The van der Waals surface area contributed by atoms with Crippen molar-refractivity contribution in [3.63, 3.8) is 0 Å². The Bertz CT molecular complexity index is 1140. The van der Waals surface area contributed by atoms with E-state index in [1.54, 1.807) is 34.9 Å². The molecule has 3 aromatic rings. The van der Waals surface area contributed by atoms with Gasteiger partial charge in [-0.15, -0.1) is 11.8 Å². The fourth-order valence-electron chi connectivity index (χ4n) is 3.84. The van der Waals surface area contributed by atoms with E-state index in [4.69, 9.17) is 34.8 Å². The van der Waals surface area contributed by atoms with Gasteiger partial charge in [0, 0.05) is 57.2 Å². The maximum atomic E-state index is 13.7. The summed E-state index contributed by atoms with van der Waals surface area (Å²) < 4.78 is 0. The second-order valence-electron chi connectivity index (χ2n) is 8.62. The zero-order valence-corrected chi connectivity index (χ0v) is 23.8. The summed E-state index contributed by atoms with van der Waals surface area (Å²) in [7, 11) is 0. The zero-order valence-electron chi connectivity index (χ0n) is 20.8. The Kier molecular flexibility index (Phi) is 12.1. The Morgan fingerprint density at radius 3 is 2.24 bits per heavy atom. The molecule has 1 atom stereocenters. The van der Waals surface area contributed by atoms with Crippen LogP contribution in [0.5, 0.6) is 0 Å². The van der Waals surface area contributed by atoms with E-state index >= 15 is 0 Å². The largest absolute Gasteiger partial charge is 0.354 e. The number of halogens is 3. The van der Waals surface area contributed by atoms with E-state index in [0.717, 1.165) is 23.3 Å². The second kappa shape index (κ2) is 15.3. The Morgan fingerprint density at radius 2 is 1.59 bits per heavy atom. The van der Waals surface area contributed by atoms with Crippen molar-refractivity contribution in [1.82, 2.24) is 10.2 Å². The molecule has 4 nitrogen and oxygen atoms in total. The minimum Gasteiger partial charge on any atom is -0.354 e. The first-order valence-electron chi connectivity index (χ1n) is 12.3. The predicted molar refractivity (Wildman–Crippen MR) is 156 cm³/mol. The summed E-state index contributed by atoms with van der Waals surface area (Å²) in [6, 6.07) is 21.8. The Balaban J connectivity index is 1.87. The summed E-state index contributed by atoms with van der Waals surface area (Å²) in [6.45, 7) is 2.77. The van der Waals surface area contributed by atoms with Crippen LogP contribution in [0.3, 0.4) is 0 Å². The van der Waals surface area contributed by atoms with E-state index in [1.165, 1.54) is 0 Å². The number of rotatable bonds is 13. The molecule has 0 bridgehead atoms. The van der Waals surface area contributed by atoms with Crippen LogP contribution >= 0.6 is 46.6 Å². The second-order valence-corrected chi connectivity index (χ2v) is 11.0. The Morgan fingerprint density at radius 1 is 0.919 bits per heavy atom. The molecule has 0 aliphatic carbocycles. The van der Waals surface area contributed by atoms with Gasteiger partial charge in [-0.25, -0.2) is 0 Å². The van der Waals surface area contributed by atoms with Gasteiger partial charge in [0.1, 0.15) is 6.04 Å². The van der Waals surface area contributed by atoms with E-state index < -0.39 is 6.04 Å². The highest BCUT2D eigenvalue weighted by Gasteiger charge is 2.31. The maximum absolute atomic E-state index is 13.7. The first kappa shape index (κ1) is 29.4. The average Bonchev–Trinajstić information content (AvgIpc) is 2.89. The van der Waals surface area contributed by atoms with Crippen LogP contribution < -0.4 is 5.32 Å². The van der Waals surface area contributed by atoms with Gasteiger partial charge >= 0.3 is 0 Å². The number of hydrogen-bond donors (Lipinski definition) is 1. The van der Waals surface area contributed by atoms with Gasteiger partial charge in [0.15, 0.2) is 0 Å². The first-order chi connectivity index (χ1) is 17.9. The van der Waals surface area contributed by atoms with Gasteiger partial charge in [-0.2, -0.15) is 0 Å². The van der Waals surface area contributed by atoms with Crippen molar-refractivity contribution in [3.05, 3.63) is 99.0 Å². The molecule has 0 unspecified atom stereocenters. The lowest BCUT2D eigenvalue weighted by Gasteiger charge is -2.32. The minimum absolute atomic E-state index is 0.135. The van der Waals surface area contributed by atoms with Crippen molar-refractivity contribution in [2.75, 3.05) is 12.3 Å². The molecular weight excluding hydrogens is 547 g/mol. The van der Waals surface area contributed by atoms with Gasteiger partial charge in [-0.1, -0.05) is 84.5 Å². The van der Waals surface area contributed by atoms with Crippen LogP contribution in [0.4, 0.5) is 0 Å². The van der Waals surface area contributed by atoms with Crippen molar-refractivity contribution in [2.45, 2.75) is 50.1 Å². The monoisotopic (exact) mass is 576 g/mol. The quantitative estimate of drug-likeness (QED) is 0.167. The van der Waals surface area contributed by atoms with Crippen molar-refractivity contribution in [3.8, 4) is 0 Å². The van der Waals surface area contributed by atoms with Crippen molar-refractivity contribution in [2.24, 2.45) is 0 Å². The summed E-state index contributed by atoms with van der Waals surface area (Å²) >= 11 is 20.5. The number of unbranched alkanes of at least 4 members (excludes halogenated alkanes) is 1. The summed E-state index contributed by atoms with van der Waals surface area (Å²) in [4.78, 5) is 29.8. The van der Waals surface area contributed by atoms with Gasteiger partial charge in [0.05, 0.1) is 0 Å². The lowest BCUT2D eigenvalue weighted by molar-refractivity contribution is -0.141. The molecule has 3 rings (SSSR count). The molecule has 3 aromatic carbocycles. The number of nitrogens with one attached hydrogen (secondary N) is 1. The van der Waals surface area contributed by atoms with E-state index in [2.05, 4.69) is 12.2 Å². The Hall–Kier alpha value is -2.18. The van der Waals surface area contributed by atoms with Gasteiger partial charge in [-0.3, -0.25) is 9.59 Å². The molecule has 0 fully saturated rings. The number of carbonyl (C=O) groups excluding carboxylic acids is 2. The summed E-state index contributed by atoms with van der Waals surface area (Å²) in [6.07, 6.45) is 2.47. The number of nitrogens with zero attached hydrogens (tertiary/aromatic N) is 1. The lowest BCUT2D eigenvalue weighted by Crippen LogP contribution is -2.50. The van der Waals surface area contributed by atoms with Crippen molar-refractivity contribution >= 4 is 58.4 Å². The third-order valence-electron chi connectivity index (χ3n) is 5.89. The molecule has 0 saturated carbocycles. The molecule has 0 spiro atoms. The molecule has 0 aliphatic rings. The van der Waals surface area contributed by atoms with Gasteiger partial charge in [0.25, 0.3) is 0 Å². The fourth-order valence-corrected chi connectivity index (χ4v) is 5.33. The molecule has 1 N–H and O–H groups in total. The topological polar surface area (TPSA) is 49.4 Å². The normalized spacial score (nSPS) is 11.7. The van der Waals surface area contributed by atoms with Crippen LogP contribution in [-0.2, 0) is 22.6 Å². The molecule has 0 saturated heterocycles. The van der Waals surface area contributed by atoms with Crippen LogP contribution in [0.25, 0.3) is 0 Å². The number of thioether (sulfide) groups is 1. The third-order valence-corrected chi connectivity index (χ3v) is 7.86. The molecule has 0 radical (unpaired) electrons. The molecule has 0 heterocycles. The predicted octanol–water partition coefficient (Wildman–Crippen LogP) is 7.69. The van der Waals surface area contributed by atoms with Gasteiger partial charge in [-0.05, 0) is 48.4 Å². The molecule has 37 heavy (non-hydrogen) atoms. The van der Waals surface area contributed by atoms with E-state index in [0.29, 0.717) is 39.3 Å². The number of amides is 2. The van der Waals surface area contributed by atoms with Crippen molar-refractivity contribution < 1.29 is 9.59 Å². The first-order valence-corrected chi connectivity index (χ1v) is 14.4. The zero-order chi connectivity index (χ0) is 26.6. The lowest BCUT2D eigenvalue weighted by atomic mass is 10.0. The van der Waals surface area contributed by atoms with E-state index in [1.807, 2.05) is 54.6 Å². The third kappa shape index (κ3) is 9.26. The summed E-state index contributed by atoms with van der Waals surface area (Å²) in [5.74, 6) is 0.242. The van der Waals surface area contributed by atoms with E-state index in [-0.39, 0.29) is 24.8 Å². The molecule has 2 amide bonds. The van der Waals surface area contributed by atoms with E-state index in [9.17, 15) is 9.59 Å². The highest BCUT2D eigenvalue weighted by molar-refractivity contribution is 7.99. The van der Waals surface area contributed by atoms with Crippen LogP contribution in [0.15, 0.2) is 77.7 Å². The molecule has 196 valence electrons. The highest BCUT2D eigenvalue weighted by atomic mass is 35.5. The number of benzene rings is 3. The smallest absolute Gasteiger partial charge is 0.243 e. The molecule has 0 aromatic heterocycles. The van der Waals surface area contributed by atoms with Crippen molar-refractivity contribution in [1.29, 1.82) is 0 Å². The maximum Gasteiger partial charge on any atom is 0.243 e. The summed E-state index contributed by atoms with van der Waals surface area (Å²) in [5, 5.41) is 4.62. The van der Waals surface area contributed by atoms with Gasteiger partial charge in [0.2, 0.25) is 11.8 Å². The number of hydrogen-bond acceptors (Lipinski definition) is 3. The highest BCUT2D eigenvalue weighted by Crippen LogP contribution is 2.28. The van der Waals surface area contributed by atoms with Crippen LogP contribution in [-0.4, -0.2) is 35.1 Å². The minimum atomic E-state index is -0.709. The summed E-state index contributed by atoms with van der Waals surface area (Å²) in [5.41, 5.74) is 1.60. The fraction of sp³-hybridized carbons (Fsp3) is 0.310. The molecular formula is C29H31Cl3N2O2S. The Labute approximate surface area is 238 Å².